The highest BCUT2D eigenvalue weighted by atomic mass is 19.1. The quantitative estimate of drug-likeness (QED) is 0.484. The van der Waals surface area contributed by atoms with Crippen molar-refractivity contribution in [3.05, 3.63) is 77.0 Å². The van der Waals surface area contributed by atoms with Gasteiger partial charge in [-0.05, 0) is 54.2 Å². The molecule has 2 atom stereocenters. The van der Waals surface area contributed by atoms with E-state index >= 15 is 0 Å². The molecule has 0 bridgehead atoms. The summed E-state index contributed by atoms with van der Waals surface area (Å²) in [5, 5.41) is 6.24. The number of hydrogen-bond donors (Lipinski definition) is 2. The molecule has 5 heterocycles. The van der Waals surface area contributed by atoms with Crippen LogP contribution in [0.5, 0.6) is 0 Å². The van der Waals surface area contributed by atoms with Gasteiger partial charge in [0, 0.05) is 29.9 Å². The second kappa shape index (κ2) is 6.87. The van der Waals surface area contributed by atoms with Crippen LogP contribution in [-0.4, -0.2) is 33.5 Å². The summed E-state index contributed by atoms with van der Waals surface area (Å²) in [5.74, 6) is 0.811. The van der Waals surface area contributed by atoms with Crippen LogP contribution >= 0.6 is 0 Å². The number of ether oxygens (including phenoxy) is 1. The van der Waals surface area contributed by atoms with Gasteiger partial charge in [-0.1, -0.05) is 12.1 Å². The molecule has 1 saturated carbocycles. The summed E-state index contributed by atoms with van der Waals surface area (Å²) in [5.41, 5.74) is 5.91. The Hall–Kier alpha value is -3.78. The van der Waals surface area contributed by atoms with E-state index in [0.29, 0.717) is 35.1 Å². The van der Waals surface area contributed by atoms with Crippen molar-refractivity contribution >= 4 is 23.1 Å². The van der Waals surface area contributed by atoms with E-state index in [9.17, 15) is 9.18 Å². The van der Waals surface area contributed by atoms with E-state index in [1.165, 1.54) is 12.0 Å². The van der Waals surface area contributed by atoms with E-state index in [1.54, 1.807) is 23.6 Å². The van der Waals surface area contributed by atoms with Crippen molar-refractivity contribution < 1.29 is 13.9 Å². The van der Waals surface area contributed by atoms with Crippen molar-refractivity contribution in [2.24, 2.45) is 5.92 Å². The molecule has 1 aromatic carbocycles. The van der Waals surface area contributed by atoms with Crippen LogP contribution in [-0.2, 0) is 16.7 Å². The molecule has 4 aromatic rings. The Balaban J connectivity index is 1.25. The zero-order valence-electron chi connectivity index (χ0n) is 18.6. The molecule has 3 aromatic heterocycles. The lowest BCUT2D eigenvalue weighted by Gasteiger charge is -2.15. The van der Waals surface area contributed by atoms with Gasteiger partial charge < -0.3 is 15.4 Å². The van der Waals surface area contributed by atoms with Gasteiger partial charge in [-0.2, -0.15) is 0 Å². The standard InChI is InChI=1S/C26H22FN5O2/c1-14-6-7-32-20(11-29-24(32)23(14)27)17-3-4-19(22-18(17)10-30-25(22)33)31-21-5-2-15(9-28-21)26-8-16(26)12-34-13-26/h2-7,9,11,16H,8,10,12-13H2,1H3,(H,28,31)(H,30,33)/t16?,26-/m0/s1. The van der Waals surface area contributed by atoms with Gasteiger partial charge in [-0.3, -0.25) is 9.20 Å². The van der Waals surface area contributed by atoms with Crippen molar-refractivity contribution in [1.29, 1.82) is 0 Å². The molecule has 7 rings (SSSR count). The molecule has 0 spiro atoms. The number of halogens is 1. The van der Waals surface area contributed by atoms with E-state index in [1.807, 2.05) is 30.6 Å². The average molecular weight is 455 g/mol. The fourth-order valence-electron chi connectivity index (χ4n) is 5.50. The maximum atomic E-state index is 14.5. The highest BCUT2D eigenvalue weighted by Gasteiger charge is 2.59. The lowest BCUT2D eigenvalue weighted by atomic mass is 9.97. The molecule has 170 valence electrons. The van der Waals surface area contributed by atoms with Gasteiger partial charge in [-0.15, -0.1) is 0 Å². The number of pyridine rings is 2. The number of anilines is 2. The fourth-order valence-corrected chi connectivity index (χ4v) is 5.50. The van der Waals surface area contributed by atoms with Gasteiger partial charge in [-0.25, -0.2) is 14.4 Å². The summed E-state index contributed by atoms with van der Waals surface area (Å²) in [7, 11) is 0. The third-order valence-corrected chi connectivity index (χ3v) is 7.57. The van der Waals surface area contributed by atoms with Crippen molar-refractivity contribution in [3.8, 4) is 11.3 Å². The van der Waals surface area contributed by atoms with Gasteiger partial charge in [0.2, 0.25) is 0 Å². The summed E-state index contributed by atoms with van der Waals surface area (Å²) < 4.78 is 21.9. The Morgan fingerprint density at radius 2 is 2.12 bits per heavy atom. The van der Waals surface area contributed by atoms with E-state index in [0.717, 1.165) is 30.0 Å². The molecule has 1 amide bonds. The number of nitrogens with one attached hydrogen (secondary N) is 2. The lowest BCUT2D eigenvalue weighted by molar-refractivity contribution is 0.0966. The number of carbonyl (C=O) groups is 1. The summed E-state index contributed by atoms with van der Waals surface area (Å²) in [4.78, 5) is 21.7. The molecular formula is C26H22FN5O2. The molecular weight excluding hydrogens is 433 g/mol. The molecule has 1 unspecified atom stereocenters. The van der Waals surface area contributed by atoms with Crippen LogP contribution in [0, 0.1) is 18.7 Å². The van der Waals surface area contributed by atoms with Gasteiger partial charge in [0.25, 0.3) is 5.91 Å². The van der Waals surface area contributed by atoms with Gasteiger partial charge in [0.05, 0.1) is 36.4 Å². The van der Waals surface area contributed by atoms with Crippen molar-refractivity contribution in [2.45, 2.75) is 25.3 Å². The molecule has 1 aliphatic carbocycles. The highest BCUT2D eigenvalue weighted by molar-refractivity contribution is 6.06. The number of aromatic nitrogens is 3. The van der Waals surface area contributed by atoms with Crippen LogP contribution in [0.2, 0.25) is 0 Å². The lowest BCUT2D eigenvalue weighted by Crippen LogP contribution is -2.14. The minimum Gasteiger partial charge on any atom is -0.380 e. The molecule has 3 aliphatic rings. The molecule has 0 radical (unpaired) electrons. The molecule has 2 N–H and O–H groups in total. The minimum absolute atomic E-state index is 0.144. The second-order valence-electron chi connectivity index (χ2n) is 9.48. The summed E-state index contributed by atoms with van der Waals surface area (Å²) in [6.07, 6.45) is 6.55. The van der Waals surface area contributed by atoms with E-state index < -0.39 is 0 Å². The van der Waals surface area contributed by atoms with Crippen LogP contribution < -0.4 is 10.6 Å². The average Bonchev–Trinajstić information content (AvgIpc) is 3.19. The SMILES string of the molecule is Cc1ccn2c(-c3ccc(Nc4ccc([C@]56COCC5C6)cn4)c4c3CNC4=O)cnc2c1F. The van der Waals surface area contributed by atoms with Crippen LogP contribution in [0.1, 0.15) is 33.5 Å². The first-order chi connectivity index (χ1) is 16.5. The maximum absolute atomic E-state index is 14.5. The maximum Gasteiger partial charge on any atom is 0.254 e. The number of benzene rings is 1. The second-order valence-corrected chi connectivity index (χ2v) is 9.48. The zero-order chi connectivity index (χ0) is 23.0. The van der Waals surface area contributed by atoms with E-state index in [2.05, 4.69) is 26.7 Å². The molecule has 34 heavy (non-hydrogen) atoms. The summed E-state index contributed by atoms with van der Waals surface area (Å²) in [6, 6.07) is 9.61. The number of imidazole rings is 1. The van der Waals surface area contributed by atoms with Crippen molar-refractivity contribution in [2.75, 3.05) is 18.5 Å². The smallest absolute Gasteiger partial charge is 0.254 e. The number of amides is 1. The Labute approximate surface area is 195 Å². The Morgan fingerprint density at radius 1 is 1.21 bits per heavy atom. The van der Waals surface area contributed by atoms with Crippen molar-refractivity contribution in [1.82, 2.24) is 19.7 Å². The molecule has 2 fully saturated rings. The van der Waals surface area contributed by atoms with E-state index in [4.69, 9.17) is 4.74 Å². The van der Waals surface area contributed by atoms with Crippen LogP contribution in [0.25, 0.3) is 16.9 Å². The summed E-state index contributed by atoms with van der Waals surface area (Å²) in [6.45, 7) is 3.73. The fraction of sp³-hybridized carbons (Fsp3) is 0.269. The first-order valence-corrected chi connectivity index (χ1v) is 11.4. The number of hydrogen-bond acceptors (Lipinski definition) is 5. The molecule has 8 heteroatoms. The van der Waals surface area contributed by atoms with Gasteiger partial charge in [0.15, 0.2) is 11.5 Å². The molecule has 1 saturated heterocycles. The number of rotatable bonds is 4. The highest BCUT2D eigenvalue weighted by Crippen LogP contribution is 2.58. The van der Waals surface area contributed by atoms with Gasteiger partial charge in [0.1, 0.15) is 5.82 Å². The minimum atomic E-state index is -0.339. The van der Waals surface area contributed by atoms with E-state index in [-0.39, 0.29) is 22.8 Å². The number of fused-ring (bicyclic) bond motifs is 3. The van der Waals surface area contributed by atoms with Crippen molar-refractivity contribution in [3.63, 3.8) is 0 Å². The van der Waals surface area contributed by atoms with Gasteiger partial charge >= 0.3 is 0 Å². The number of carbonyl (C=O) groups excluding carboxylic acids is 1. The zero-order valence-corrected chi connectivity index (χ0v) is 18.6. The largest absolute Gasteiger partial charge is 0.380 e. The van der Waals surface area contributed by atoms with Crippen LogP contribution in [0.15, 0.2) is 48.9 Å². The normalized spacial score (nSPS) is 22.5. The first kappa shape index (κ1) is 19.7. The predicted molar refractivity (Wildman–Crippen MR) is 125 cm³/mol. The first-order valence-electron chi connectivity index (χ1n) is 11.4. The molecule has 2 aliphatic heterocycles. The Bertz CT molecular complexity index is 1500. The Kier molecular flexibility index (Phi) is 3.97. The number of aryl methyl sites for hydroxylation is 1. The predicted octanol–water partition coefficient (Wildman–Crippen LogP) is 4.12. The monoisotopic (exact) mass is 455 g/mol. The number of nitrogens with zero attached hydrogens (tertiary/aromatic N) is 3. The third-order valence-electron chi connectivity index (χ3n) is 7.57. The Morgan fingerprint density at radius 3 is 2.88 bits per heavy atom. The summed E-state index contributed by atoms with van der Waals surface area (Å²) >= 11 is 0. The molecule has 7 nitrogen and oxygen atoms in total. The van der Waals surface area contributed by atoms with Crippen LogP contribution in [0.3, 0.4) is 0 Å². The topological polar surface area (TPSA) is 80.5 Å². The third kappa shape index (κ3) is 2.69. The van der Waals surface area contributed by atoms with Crippen LogP contribution in [0.4, 0.5) is 15.9 Å².